The molecule has 0 aliphatic heterocycles. The van der Waals surface area contributed by atoms with Crippen LogP contribution in [0.4, 0.5) is 14.5 Å². The molecule has 0 unspecified atom stereocenters. The maximum absolute atomic E-state index is 12.5. The van der Waals surface area contributed by atoms with Crippen LogP contribution in [0.5, 0.6) is 11.5 Å². The van der Waals surface area contributed by atoms with Gasteiger partial charge in [-0.05, 0) is 48.5 Å². The third kappa shape index (κ3) is 7.97. The number of para-hydroxylation sites is 2. The molecule has 0 radical (unpaired) electrons. The number of anilines is 1. The predicted octanol–water partition coefficient (Wildman–Crippen LogP) is 4.52. The first-order valence-corrected chi connectivity index (χ1v) is 11.2. The maximum atomic E-state index is 12.5. The van der Waals surface area contributed by atoms with Gasteiger partial charge in [-0.3, -0.25) is 4.79 Å². The van der Waals surface area contributed by atoms with Gasteiger partial charge in [0.2, 0.25) is 5.91 Å². The molecule has 0 aliphatic carbocycles. The molecule has 0 atom stereocenters. The number of rotatable bonds is 11. The van der Waals surface area contributed by atoms with E-state index in [4.69, 9.17) is 14.7 Å². The maximum Gasteiger partial charge on any atom is 0.387 e. The molecular formula is C24H19F2N3O5S. The fourth-order valence-corrected chi connectivity index (χ4v) is 3.53. The summed E-state index contributed by atoms with van der Waals surface area (Å²) in [4.78, 5) is 29.0. The van der Waals surface area contributed by atoms with E-state index in [-0.39, 0.29) is 41.0 Å². The average Bonchev–Trinajstić information content (AvgIpc) is 2.86. The number of esters is 1. The summed E-state index contributed by atoms with van der Waals surface area (Å²) < 4.78 is 40.2. The van der Waals surface area contributed by atoms with Gasteiger partial charge in [0.1, 0.15) is 29.7 Å². The van der Waals surface area contributed by atoms with E-state index in [1.165, 1.54) is 30.5 Å². The summed E-state index contributed by atoms with van der Waals surface area (Å²) in [5.74, 6) is -0.904. The van der Waals surface area contributed by atoms with Gasteiger partial charge in [0.25, 0.3) is 0 Å². The van der Waals surface area contributed by atoms with Crippen molar-refractivity contribution in [2.45, 2.75) is 11.6 Å². The molecule has 11 heteroatoms. The van der Waals surface area contributed by atoms with Crippen LogP contribution in [-0.2, 0) is 9.53 Å². The minimum atomic E-state index is -3.03. The zero-order valence-corrected chi connectivity index (χ0v) is 19.0. The van der Waals surface area contributed by atoms with Crippen LogP contribution in [0.1, 0.15) is 15.9 Å². The van der Waals surface area contributed by atoms with Gasteiger partial charge >= 0.3 is 12.6 Å². The number of pyridine rings is 1. The van der Waals surface area contributed by atoms with Crippen molar-refractivity contribution in [3.8, 4) is 17.6 Å². The van der Waals surface area contributed by atoms with Crippen LogP contribution in [0.25, 0.3) is 0 Å². The Morgan fingerprint density at radius 2 is 1.83 bits per heavy atom. The highest BCUT2D eigenvalue weighted by Gasteiger charge is 2.17. The van der Waals surface area contributed by atoms with Crippen LogP contribution in [0.2, 0.25) is 0 Å². The van der Waals surface area contributed by atoms with Gasteiger partial charge in [0.05, 0.1) is 28.6 Å². The topological polar surface area (TPSA) is 111 Å². The van der Waals surface area contributed by atoms with E-state index in [1.807, 2.05) is 6.07 Å². The van der Waals surface area contributed by atoms with Crippen molar-refractivity contribution >= 4 is 29.3 Å². The van der Waals surface area contributed by atoms with Gasteiger partial charge in [-0.15, -0.1) is 0 Å². The van der Waals surface area contributed by atoms with E-state index < -0.39 is 18.5 Å². The zero-order valence-electron chi connectivity index (χ0n) is 18.1. The van der Waals surface area contributed by atoms with Gasteiger partial charge < -0.3 is 19.5 Å². The number of benzene rings is 2. The smallest absolute Gasteiger partial charge is 0.387 e. The molecule has 180 valence electrons. The molecule has 0 saturated carbocycles. The number of nitrogens with one attached hydrogen (secondary N) is 1. The summed E-state index contributed by atoms with van der Waals surface area (Å²) in [5, 5.41) is 11.6. The number of ether oxygens (including phenoxy) is 3. The molecule has 0 fully saturated rings. The highest BCUT2D eigenvalue weighted by atomic mass is 32.2. The number of nitriles is 1. The normalized spacial score (nSPS) is 10.3. The number of aromatic nitrogens is 1. The summed E-state index contributed by atoms with van der Waals surface area (Å²) in [5.41, 5.74) is 0.774. The summed E-state index contributed by atoms with van der Waals surface area (Å²) in [6, 6.07) is 17.4. The Bertz CT molecular complexity index is 1200. The van der Waals surface area contributed by atoms with Gasteiger partial charge in [-0.1, -0.05) is 23.9 Å². The number of amides is 1. The fraction of sp³-hybridized carbons (Fsp3) is 0.167. The largest absolute Gasteiger partial charge is 0.490 e. The van der Waals surface area contributed by atoms with E-state index in [9.17, 15) is 18.4 Å². The van der Waals surface area contributed by atoms with Crippen molar-refractivity contribution in [2.75, 3.05) is 24.3 Å². The number of alkyl halides is 2. The number of hydrogen-bond acceptors (Lipinski definition) is 8. The van der Waals surface area contributed by atoms with Gasteiger partial charge in [0, 0.05) is 6.20 Å². The Morgan fingerprint density at radius 1 is 1.06 bits per heavy atom. The van der Waals surface area contributed by atoms with Crippen LogP contribution >= 0.6 is 11.8 Å². The number of hydrogen-bond donors (Lipinski definition) is 1. The van der Waals surface area contributed by atoms with E-state index in [1.54, 1.807) is 36.4 Å². The molecule has 0 saturated heterocycles. The highest BCUT2D eigenvalue weighted by molar-refractivity contribution is 8.00. The Labute approximate surface area is 203 Å². The molecule has 0 bridgehead atoms. The van der Waals surface area contributed by atoms with Crippen LogP contribution in [-0.4, -0.2) is 42.4 Å². The molecule has 1 amide bonds. The Kier molecular flexibility index (Phi) is 9.39. The van der Waals surface area contributed by atoms with Crippen molar-refractivity contribution in [1.82, 2.24) is 4.98 Å². The molecule has 1 N–H and O–H groups in total. The number of nitrogens with zero attached hydrogens (tertiary/aromatic N) is 2. The molecule has 0 spiro atoms. The zero-order chi connectivity index (χ0) is 25.0. The van der Waals surface area contributed by atoms with Crippen LogP contribution in [0.3, 0.4) is 0 Å². The summed E-state index contributed by atoms with van der Waals surface area (Å²) in [6.07, 6.45) is 1.47. The summed E-state index contributed by atoms with van der Waals surface area (Å²) in [6.45, 7) is -2.96. The molecule has 8 nitrogen and oxygen atoms in total. The Balaban J connectivity index is 1.50. The molecule has 35 heavy (non-hydrogen) atoms. The van der Waals surface area contributed by atoms with Gasteiger partial charge in [0.15, 0.2) is 0 Å². The third-order valence-electron chi connectivity index (χ3n) is 4.28. The number of thioether (sulfide) groups is 1. The van der Waals surface area contributed by atoms with Crippen LogP contribution in [0, 0.1) is 11.3 Å². The van der Waals surface area contributed by atoms with Crippen molar-refractivity contribution in [1.29, 1.82) is 5.26 Å². The van der Waals surface area contributed by atoms with Crippen molar-refractivity contribution < 1.29 is 32.6 Å². The van der Waals surface area contributed by atoms with E-state index in [0.717, 1.165) is 11.8 Å². The van der Waals surface area contributed by atoms with Gasteiger partial charge in [-0.25, -0.2) is 9.78 Å². The van der Waals surface area contributed by atoms with Crippen LogP contribution < -0.4 is 14.8 Å². The van der Waals surface area contributed by atoms with Gasteiger partial charge in [-0.2, -0.15) is 14.0 Å². The fourth-order valence-electron chi connectivity index (χ4n) is 2.75. The first-order valence-electron chi connectivity index (χ1n) is 10.2. The lowest BCUT2D eigenvalue weighted by Gasteiger charge is -2.12. The second-order valence-corrected chi connectivity index (χ2v) is 7.65. The van der Waals surface area contributed by atoms with Crippen molar-refractivity contribution in [2.24, 2.45) is 0 Å². The Hall–Kier alpha value is -4.17. The molecule has 3 aromatic rings. The molecule has 1 heterocycles. The predicted molar refractivity (Wildman–Crippen MR) is 124 cm³/mol. The quantitative estimate of drug-likeness (QED) is 0.233. The number of carbonyl (C=O) groups is 2. The first kappa shape index (κ1) is 25.5. The summed E-state index contributed by atoms with van der Waals surface area (Å²) in [7, 11) is 0. The van der Waals surface area contributed by atoms with E-state index >= 15 is 0 Å². The lowest BCUT2D eigenvalue weighted by Crippen LogP contribution is -2.17. The van der Waals surface area contributed by atoms with E-state index in [0.29, 0.717) is 11.3 Å². The number of halogens is 2. The standard InChI is InChI=1S/C24H19F2N3O5S/c25-24(26)34-20-6-2-1-5-19(20)29-21(30)15-35-22-18(4-3-11-28-22)23(31)33-13-12-32-17-9-7-16(14-27)8-10-17/h1-11,24H,12-13,15H2,(H,29,30). The summed E-state index contributed by atoms with van der Waals surface area (Å²) >= 11 is 0.991. The monoisotopic (exact) mass is 499 g/mol. The number of carbonyl (C=O) groups excluding carboxylic acids is 2. The first-order chi connectivity index (χ1) is 17.0. The molecule has 0 aliphatic rings. The molecule has 2 aromatic carbocycles. The SMILES string of the molecule is N#Cc1ccc(OCCOC(=O)c2cccnc2SCC(=O)Nc2ccccc2OC(F)F)cc1. The Morgan fingerprint density at radius 3 is 2.57 bits per heavy atom. The molecular weight excluding hydrogens is 480 g/mol. The minimum absolute atomic E-state index is 0.0285. The van der Waals surface area contributed by atoms with Crippen molar-refractivity contribution in [3.05, 3.63) is 78.0 Å². The van der Waals surface area contributed by atoms with Crippen molar-refractivity contribution in [3.63, 3.8) is 0 Å². The molecule has 1 aromatic heterocycles. The lowest BCUT2D eigenvalue weighted by atomic mass is 10.2. The van der Waals surface area contributed by atoms with Crippen LogP contribution in [0.15, 0.2) is 71.9 Å². The second kappa shape index (κ2) is 12.9. The third-order valence-corrected chi connectivity index (χ3v) is 5.28. The van der Waals surface area contributed by atoms with E-state index in [2.05, 4.69) is 15.0 Å². The minimum Gasteiger partial charge on any atom is -0.490 e. The highest BCUT2D eigenvalue weighted by Crippen LogP contribution is 2.26. The lowest BCUT2D eigenvalue weighted by molar-refractivity contribution is -0.113. The average molecular weight is 499 g/mol. The molecule has 3 rings (SSSR count). The second-order valence-electron chi connectivity index (χ2n) is 6.69.